The molecule has 0 radical (unpaired) electrons. The largest absolute Gasteiger partial charge is 0.356 e. The van der Waals surface area contributed by atoms with Gasteiger partial charge in [0.1, 0.15) is 12.1 Å². The highest BCUT2D eigenvalue weighted by atomic mass is 15.2. The minimum atomic E-state index is 0.501. The zero-order valence-corrected chi connectivity index (χ0v) is 13.4. The van der Waals surface area contributed by atoms with Crippen molar-refractivity contribution in [2.75, 3.05) is 37.0 Å². The van der Waals surface area contributed by atoms with Gasteiger partial charge in [0.05, 0.1) is 0 Å². The maximum absolute atomic E-state index is 4.68. The van der Waals surface area contributed by atoms with Gasteiger partial charge in [0.25, 0.3) is 0 Å². The second kappa shape index (κ2) is 6.25. The van der Waals surface area contributed by atoms with Gasteiger partial charge < -0.3 is 9.80 Å². The maximum atomic E-state index is 4.68. The number of rotatable bonds is 3. The highest BCUT2D eigenvalue weighted by molar-refractivity contribution is 5.39. The zero-order valence-electron chi connectivity index (χ0n) is 13.4. The Morgan fingerprint density at radius 1 is 1.14 bits per heavy atom. The fraction of sp³-hybridized carbons (Fsp3) is 0.500. The smallest absolute Gasteiger partial charge is 0.224 e. The molecule has 6 heteroatoms. The van der Waals surface area contributed by atoms with Gasteiger partial charge in [0, 0.05) is 56.8 Å². The van der Waals surface area contributed by atoms with Crippen LogP contribution in [0, 0.1) is 6.92 Å². The minimum Gasteiger partial charge on any atom is -0.356 e. The number of hydrogen-bond acceptors (Lipinski definition) is 6. The summed E-state index contributed by atoms with van der Waals surface area (Å²) in [7, 11) is 3.94. The molecular formula is C16H22N6. The van der Waals surface area contributed by atoms with Crippen molar-refractivity contribution in [2.45, 2.75) is 25.7 Å². The third kappa shape index (κ3) is 3.16. The molecule has 2 aromatic rings. The predicted octanol–water partition coefficient (Wildman–Crippen LogP) is 2.03. The average molecular weight is 298 g/mol. The number of aryl methyl sites for hydroxylation is 1. The fourth-order valence-electron chi connectivity index (χ4n) is 2.82. The third-order valence-corrected chi connectivity index (χ3v) is 4.09. The molecule has 1 fully saturated rings. The van der Waals surface area contributed by atoms with E-state index in [1.807, 2.05) is 38.2 Å². The lowest BCUT2D eigenvalue weighted by atomic mass is 9.93. The summed E-state index contributed by atoms with van der Waals surface area (Å²) < 4.78 is 0. The molecule has 0 atom stereocenters. The summed E-state index contributed by atoms with van der Waals surface area (Å²) >= 11 is 0. The van der Waals surface area contributed by atoms with Crippen LogP contribution in [0.15, 0.2) is 24.7 Å². The van der Waals surface area contributed by atoms with Crippen molar-refractivity contribution in [1.29, 1.82) is 0 Å². The molecule has 0 spiro atoms. The van der Waals surface area contributed by atoms with E-state index in [0.717, 1.165) is 49.1 Å². The van der Waals surface area contributed by atoms with Gasteiger partial charge in [-0.3, -0.25) is 0 Å². The van der Waals surface area contributed by atoms with Crippen molar-refractivity contribution in [2.24, 2.45) is 0 Å². The van der Waals surface area contributed by atoms with Crippen LogP contribution in [0.25, 0.3) is 0 Å². The Morgan fingerprint density at radius 2 is 1.91 bits per heavy atom. The van der Waals surface area contributed by atoms with Crippen LogP contribution in [0.4, 0.5) is 11.8 Å². The molecule has 2 aromatic heterocycles. The van der Waals surface area contributed by atoms with E-state index in [9.17, 15) is 0 Å². The zero-order chi connectivity index (χ0) is 15.5. The number of piperidine rings is 1. The lowest BCUT2D eigenvalue weighted by Crippen LogP contribution is -2.33. The fourth-order valence-corrected chi connectivity index (χ4v) is 2.82. The molecule has 3 heterocycles. The first-order chi connectivity index (χ1) is 10.6. The van der Waals surface area contributed by atoms with E-state index in [2.05, 4.69) is 30.9 Å². The molecule has 3 rings (SSSR count). The van der Waals surface area contributed by atoms with Gasteiger partial charge in [-0.25, -0.2) is 19.9 Å². The number of anilines is 2. The Labute approximate surface area is 131 Å². The highest BCUT2D eigenvalue weighted by Gasteiger charge is 2.23. The monoisotopic (exact) mass is 298 g/mol. The van der Waals surface area contributed by atoms with Crippen molar-refractivity contribution in [3.8, 4) is 0 Å². The Hall–Kier alpha value is -2.24. The molecule has 22 heavy (non-hydrogen) atoms. The van der Waals surface area contributed by atoms with E-state index in [0.29, 0.717) is 5.92 Å². The van der Waals surface area contributed by atoms with Crippen molar-refractivity contribution in [1.82, 2.24) is 19.9 Å². The van der Waals surface area contributed by atoms with Gasteiger partial charge in [0.2, 0.25) is 5.95 Å². The molecule has 0 bridgehead atoms. The summed E-state index contributed by atoms with van der Waals surface area (Å²) in [5.41, 5.74) is 2.16. The van der Waals surface area contributed by atoms with Crippen molar-refractivity contribution >= 4 is 11.8 Å². The molecule has 116 valence electrons. The molecule has 1 aliphatic heterocycles. The summed E-state index contributed by atoms with van der Waals surface area (Å²) in [5.74, 6) is 2.31. The summed E-state index contributed by atoms with van der Waals surface area (Å²) in [6.45, 7) is 4.01. The Balaban J connectivity index is 1.68. The highest BCUT2D eigenvalue weighted by Crippen LogP contribution is 2.29. The number of hydrogen-bond donors (Lipinski definition) is 0. The summed E-state index contributed by atoms with van der Waals surface area (Å²) in [6.07, 6.45) is 5.68. The summed E-state index contributed by atoms with van der Waals surface area (Å²) in [4.78, 5) is 21.8. The van der Waals surface area contributed by atoms with Crippen molar-refractivity contribution in [3.05, 3.63) is 36.0 Å². The van der Waals surface area contributed by atoms with Crippen molar-refractivity contribution in [3.63, 3.8) is 0 Å². The van der Waals surface area contributed by atoms with E-state index < -0.39 is 0 Å². The molecule has 0 aliphatic carbocycles. The summed E-state index contributed by atoms with van der Waals surface area (Å²) in [6, 6.07) is 4.09. The molecule has 6 nitrogen and oxygen atoms in total. The van der Waals surface area contributed by atoms with Crippen LogP contribution in [0.2, 0.25) is 0 Å². The van der Waals surface area contributed by atoms with Crippen LogP contribution in [-0.4, -0.2) is 47.1 Å². The van der Waals surface area contributed by atoms with Gasteiger partial charge in [-0.1, -0.05) is 0 Å². The van der Waals surface area contributed by atoms with E-state index >= 15 is 0 Å². The van der Waals surface area contributed by atoms with Crippen molar-refractivity contribution < 1.29 is 0 Å². The van der Waals surface area contributed by atoms with Gasteiger partial charge in [0.15, 0.2) is 0 Å². The lowest BCUT2D eigenvalue weighted by Gasteiger charge is -2.32. The Bertz CT molecular complexity index is 634. The average Bonchev–Trinajstić information content (AvgIpc) is 2.55. The van der Waals surface area contributed by atoms with Crippen LogP contribution < -0.4 is 9.80 Å². The minimum absolute atomic E-state index is 0.501. The molecule has 0 N–H and O–H groups in total. The number of nitrogens with zero attached hydrogens (tertiary/aromatic N) is 6. The standard InChI is InChI=1S/C16H22N6/c1-12-10-15(19-11-18-12)22-8-5-13(6-9-22)14-4-7-17-16(20-14)21(2)3/h4,7,10-11,13H,5-6,8-9H2,1-3H3. The quantitative estimate of drug-likeness (QED) is 0.864. The molecule has 1 aliphatic rings. The summed E-state index contributed by atoms with van der Waals surface area (Å²) in [5, 5.41) is 0. The van der Waals surface area contributed by atoms with Gasteiger partial charge in [-0.05, 0) is 25.8 Å². The van der Waals surface area contributed by atoms with Gasteiger partial charge in [-0.2, -0.15) is 0 Å². The van der Waals surface area contributed by atoms with Crippen LogP contribution in [0.1, 0.15) is 30.1 Å². The lowest BCUT2D eigenvalue weighted by molar-refractivity contribution is 0.493. The third-order valence-electron chi connectivity index (χ3n) is 4.09. The Morgan fingerprint density at radius 3 is 2.59 bits per heavy atom. The second-order valence-corrected chi connectivity index (χ2v) is 5.95. The van der Waals surface area contributed by atoms with Gasteiger partial charge >= 0.3 is 0 Å². The SMILES string of the molecule is Cc1cc(N2CCC(c3ccnc(N(C)C)n3)CC2)ncn1. The Kier molecular flexibility index (Phi) is 4.18. The predicted molar refractivity (Wildman–Crippen MR) is 87.3 cm³/mol. The van der Waals surface area contributed by atoms with Crippen LogP contribution in [-0.2, 0) is 0 Å². The maximum Gasteiger partial charge on any atom is 0.224 e. The van der Waals surface area contributed by atoms with E-state index in [1.165, 1.54) is 0 Å². The van der Waals surface area contributed by atoms with Crippen LogP contribution in [0.5, 0.6) is 0 Å². The first kappa shape index (κ1) is 14.7. The molecule has 0 unspecified atom stereocenters. The van der Waals surface area contributed by atoms with Crippen LogP contribution >= 0.6 is 0 Å². The van der Waals surface area contributed by atoms with Crippen LogP contribution in [0.3, 0.4) is 0 Å². The molecule has 0 aromatic carbocycles. The topological polar surface area (TPSA) is 58.0 Å². The van der Waals surface area contributed by atoms with E-state index in [4.69, 9.17) is 0 Å². The molecule has 0 amide bonds. The second-order valence-electron chi connectivity index (χ2n) is 5.95. The first-order valence-corrected chi connectivity index (χ1v) is 7.67. The van der Waals surface area contributed by atoms with Gasteiger partial charge in [-0.15, -0.1) is 0 Å². The van der Waals surface area contributed by atoms with E-state index in [-0.39, 0.29) is 0 Å². The normalized spacial score (nSPS) is 15.9. The number of aromatic nitrogens is 4. The molecule has 1 saturated heterocycles. The molecule has 0 saturated carbocycles. The first-order valence-electron chi connectivity index (χ1n) is 7.67. The van der Waals surface area contributed by atoms with E-state index in [1.54, 1.807) is 6.33 Å². The molecular weight excluding hydrogens is 276 g/mol.